The van der Waals surface area contributed by atoms with Crippen LogP contribution in [0.4, 0.5) is 6.01 Å². The minimum Gasteiger partial charge on any atom is -0.403 e. The molecule has 1 aromatic carbocycles. The van der Waals surface area contributed by atoms with Gasteiger partial charge >= 0.3 is 6.01 Å². The van der Waals surface area contributed by atoms with Gasteiger partial charge in [0, 0.05) is 12.2 Å². The molecule has 118 valence electrons. The molecule has 0 fully saturated rings. The number of aromatic nitrogens is 4. The van der Waals surface area contributed by atoms with Crippen molar-refractivity contribution < 1.29 is 9.21 Å². The van der Waals surface area contributed by atoms with Crippen LogP contribution < -0.4 is 5.32 Å². The van der Waals surface area contributed by atoms with Crippen LogP contribution in [0, 0.1) is 0 Å². The summed E-state index contributed by atoms with van der Waals surface area (Å²) in [6, 6.07) is 8.79. The summed E-state index contributed by atoms with van der Waals surface area (Å²) in [5.41, 5.74) is 1.02. The fourth-order valence-corrected chi connectivity index (χ4v) is 2.30. The lowest BCUT2D eigenvalue weighted by atomic mass is 10.2. The van der Waals surface area contributed by atoms with Crippen LogP contribution in [0.15, 0.2) is 40.9 Å². The van der Waals surface area contributed by atoms with E-state index >= 15 is 0 Å². The predicted molar refractivity (Wildman–Crippen MR) is 85.3 cm³/mol. The molecule has 0 unspecified atom stereocenters. The van der Waals surface area contributed by atoms with Crippen LogP contribution >= 0.6 is 11.6 Å². The highest BCUT2D eigenvalue weighted by molar-refractivity contribution is 6.33. The average Bonchev–Trinajstić information content (AvgIpc) is 3.16. The molecule has 7 nitrogen and oxygen atoms in total. The number of halogens is 1. The molecule has 8 heteroatoms. The molecule has 2 heterocycles. The first kappa shape index (κ1) is 15.2. The first-order chi connectivity index (χ1) is 11.1. The lowest BCUT2D eigenvalue weighted by Gasteiger charge is -2.09. The van der Waals surface area contributed by atoms with Crippen molar-refractivity contribution in [1.82, 2.24) is 20.0 Å². The van der Waals surface area contributed by atoms with Crippen molar-refractivity contribution in [3.63, 3.8) is 0 Å². The summed E-state index contributed by atoms with van der Waals surface area (Å²) < 4.78 is 7.06. The molecule has 0 radical (unpaired) electrons. The number of anilines is 1. The van der Waals surface area contributed by atoms with Crippen LogP contribution in [0.1, 0.15) is 30.4 Å². The smallest absolute Gasteiger partial charge is 0.322 e. The van der Waals surface area contributed by atoms with E-state index in [2.05, 4.69) is 20.6 Å². The molecule has 0 aliphatic heterocycles. The molecule has 0 saturated carbocycles. The van der Waals surface area contributed by atoms with E-state index in [4.69, 9.17) is 16.0 Å². The van der Waals surface area contributed by atoms with Gasteiger partial charge in [-0.1, -0.05) is 28.8 Å². The zero-order chi connectivity index (χ0) is 16.4. The Morgan fingerprint density at radius 3 is 2.78 bits per heavy atom. The number of benzene rings is 1. The van der Waals surface area contributed by atoms with Crippen LogP contribution in [-0.4, -0.2) is 25.9 Å². The highest BCUT2D eigenvalue weighted by Gasteiger charge is 2.18. The first-order valence-electron chi connectivity index (χ1n) is 6.99. The molecular weight excluding hydrogens is 318 g/mol. The van der Waals surface area contributed by atoms with Crippen LogP contribution in [-0.2, 0) is 0 Å². The molecule has 0 aliphatic carbocycles. The Hall–Kier alpha value is -2.67. The third-order valence-corrected chi connectivity index (χ3v) is 3.47. The molecular formula is C15H14ClN5O2. The van der Waals surface area contributed by atoms with Crippen LogP contribution in [0.25, 0.3) is 11.5 Å². The average molecular weight is 332 g/mol. The second-order valence-electron chi connectivity index (χ2n) is 5.10. The van der Waals surface area contributed by atoms with Crippen LogP contribution in [0.5, 0.6) is 0 Å². The molecule has 3 rings (SSSR count). The van der Waals surface area contributed by atoms with Gasteiger partial charge in [0.1, 0.15) is 5.69 Å². The number of amides is 1. The molecule has 0 atom stereocenters. The van der Waals surface area contributed by atoms with Gasteiger partial charge in [-0.15, -0.1) is 5.10 Å². The van der Waals surface area contributed by atoms with E-state index in [1.807, 2.05) is 19.9 Å². The lowest BCUT2D eigenvalue weighted by molar-refractivity contribution is 0.101. The van der Waals surface area contributed by atoms with Gasteiger partial charge in [-0.05, 0) is 32.0 Å². The minimum absolute atomic E-state index is 0.00132. The second kappa shape index (κ2) is 6.21. The van der Waals surface area contributed by atoms with Gasteiger partial charge in [0.25, 0.3) is 11.8 Å². The summed E-state index contributed by atoms with van der Waals surface area (Å²) >= 11 is 6.08. The van der Waals surface area contributed by atoms with E-state index < -0.39 is 0 Å². The molecule has 1 amide bonds. The number of nitrogens with zero attached hydrogens (tertiary/aromatic N) is 4. The van der Waals surface area contributed by atoms with E-state index in [9.17, 15) is 4.79 Å². The topological polar surface area (TPSA) is 85.8 Å². The van der Waals surface area contributed by atoms with Gasteiger partial charge in [0.15, 0.2) is 0 Å². The lowest BCUT2D eigenvalue weighted by Crippen LogP contribution is -2.19. The number of hydrogen-bond donors (Lipinski definition) is 1. The van der Waals surface area contributed by atoms with E-state index in [0.29, 0.717) is 16.3 Å². The Morgan fingerprint density at radius 1 is 1.26 bits per heavy atom. The summed E-state index contributed by atoms with van der Waals surface area (Å²) in [5, 5.41) is 14.9. The summed E-state index contributed by atoms with van der Waals surface area (Å²) in [6.07, 6.45) is 1.57. The molecule has 1 N–H and O–H groups in total. The molecule has 0 bridgehead atoms. The summed E-state index contributed by atoms with van der Waals surface area (Å²) in [6.45, 7) is 3.87. The van der Waals surface area contributed by atoms with E-state index in [1.165, 1.54) is 0 Å². The second-order valence-corrected chi connectivity index (χ2v) is 5.51. The van der Waals surface area contributed by atoms with Gasteiger partial charge in [0.05, 0.1) is 10.6 Å². The van der Waals surface area contributed by atoms with Gasteiger partial charge < -0.3 is 4.42 Å². The van der Waals surface area contributed by atoms with Crippen molar-refractivity contribution in [1.29, 1.82) is 0 Å². The number of hydrogen-bond acceptors (Lipinski definition) is 5. The van der Waals surface area contributed by atoms with Crippen LogP contribution in [0.2, 0.25) is 5.02 Å². The molecule has 2 aromatic heterocycles. The summed E-state index contributed by atoms with van der Waals surface area (Å²) in [5.74, 6) is -0.131. The normalized spacial score (nSPS) is 11.0. The molecule has 0 saturated heterocycles. The number of nitrogens with one attached hydrogen (secondary N) is 1. The molecule has 0 spiro atoms. The largest absolute Gasteiger partial charge is 0.403 e. The predicted octanol–water partition coefficient (Wildman–Crippen LogP) is 3.42. The first-order valence-corrected chi connectivity index (χ1v) is 7.37. The van der Waals surface area contributed by atoms with Gasteiger partial charge in [0.2, 0.25) is 0 Å². The van der Waals surface area contributed by atoms with E-state index in [0.717, 1.165) is 0 Å². The van der Waals surface area contributed by atoms with Crippen LogP contribution in [0.3, 0.4) is 0 Å². The van der Waals surface area contributed by atoms with Gasteiger partial charge in [-0.25, -0.2) is 0 Å². The Bertz CT molecular complexity index is 840. The van der Waals surface area contributed by atoms with Crippen molar-refractivity contribution in [3.05, 3.63) is 47.2 Å². The monoisotopic (exact) mass is 331 g/mol. The maximum absolute atomic E-state index is 12.3. The Balaban J connectivity index is 1.81. The fraction of sp³-hybridized carbons (Fsp3) is 0.200. The van der Waals surface area contributed by atoms with Crippen molar-refractivity contribution >= 4 is 23.5 Å². The van der Waals surface area contributed by atoms with E-state index in [1.54, 1.807) is 35.1 Å². The zero-order valence-electron chi connectivity index (χ0n) is 12.5. The van der Waals surface area contributed by atoms with Crippen molar-refractivity contribution in [3.8, 4) is 11.5 Å². The molecule has 23 heavy (non-hydrogen) atoms. The van der Waals surface area contributed by atoms with Gasteiger partial charge in [-0.3, -0.25) is 14.8 Å². The zero-order valence-corrected chi connectivity index (χ0v) is 13.3. The number of carbonyl (C=O) groups is 1. The fourth-order valence-electron chi connectivity index (χ4n) is 2.08. The summed E-state index contributed by atoms with van der Waals surface area (Å²) in [7, 11) is 0. The standard InChI is InChI=1S/C15H14ClN5O2/c1-9(2)21-12(7-8-17-21)13(22)18-15-20-19-14(23-15)10-5-3-4-6-11(10)16/h3-9H,1-2H3,(H,18,20,22). The van der Waals surface area contributed by atoms with Gasteiger partial charge in [-0.2, -0.15) is 5.10 Å². The number of rotatable bonds is 4. The maximum Gasteiger partial charge on any atom is 0.322 e. The third kappa shape index (κ3) is 3.09. The molecule has 3 aromatic rings. The quantitative estimate of drug-likeness (QED) is 0.791. The minimum atomic E-state index is -0.370. The molecule has 0 aliphatic rings. The van der Waals surface area contributed by atoms with Crippen molar-refractivity contribution in [2.45, 2.75) is 19.9 Å². The highest BCUT2D eigenvalue weighted by Crippen LogP contribution is 2.27. The van der Waals surface area contributed by atoms with Crippen molar-refractivity contribution in [2.24, 2.45) is 0 Å². The van der Waals surface area contributed by atoms with E-state index in [-0.39, 0.29) is 23.9 Å². The van der Waals surface area contributed by atoms with Crippen molar-refractivity contribution in [2.75, 3.05) is 5.32 Å². The third-order valence-electron chi connectivity index (χ3n) is 3.14. The number of carbonyl (C=O) groups excluding carboxylic acids is 1. The SMILES string of the molecule is CC(C)n1nccc1C(=O)Nc1nnc(-c2ccccc2Cl)o1. The highest BCUT2D eigenvalue weighted by atomic mass is 35.5. The summed E-state index contributed by atoms with van der Waals surface area (Å²) in [4.78, 5) is 12.3. The Labute approximate surface area is 137 Å². The Morgan fingerprint density at radius 2 is 2.04 bits per heavy atom. The Kier molecular flexibility index (Phi) is 4.12. The maximum atomic E-state index is 12.3.